The zero-order chi connectivity index (χ0) is 23.2. The van der Waals surface area contributed by atoms with Gasteiger partial charge in [0.15, 0.2) is 0 Å². The number of aryl methyl sites for hydroxylation is 1. The minimum atomic E-state index is -0.182. The van der Waals surface area contributed by atoms with Gasteiger partial charge in [0.25, 0.3) is 0 Å². The van der Waals surface area contributed by atoms with Crippen LogP contribution in [0, 0.1) is 5.82 Å². The monoisotopic (exact) mass is 435 g/mol. The molecule has 4 nitrogen and oxygen atoms in total. The van der Waals surface area contributed by atoms with E-state index in [1.165, 1.54) is 6.07 Å². The molecular formula is C27H34FN3O. The summed E-state index contributed by atoms with van der Waals surface area (Å²) >= 11 is 0. The fourth-order valence-electron chi connectivity index (χ4n) is 3.44. The molecule has 0 aromatic heterocycles. The van der Waals surface area contributed by atoms with Crippen LogP contribution in [0.15, 0.2) is 87.2 Å². The minimum Gasteiger partial charge on any atom is -0.479 e. The van der Waals surface area contributed by atoms with E-state index in [9.17, 15) is 4.39 Å². The Morgan fingerprint density at radius 2 is 1.72 bits per heavy atom. The molecule has 0 unspecified atom stereocenters. The lowest BCUT2D eigenvalue weighted by Gasteiger charge is -2.14. The Balaban J connectivity index is 2.50. The maximum Gasteiger partial charge on any atom is 0.242 e. The number of rotatable bonds is 11. The molecule has 0 spiro atoms. The number of aliphatic imine (C=N–C) groups is 1. The molecule has 0 saturated heterocycles. The molecular weight excluding hydrogens is 401 g/mol. The maximum atomic E-state index is 14.2. The number of ether oxygens (including phenoxy) is 1. The van der Waals surface area contributed by atoms with E-state index in [4.69, 9.17) is 9.73 Å². The summed E-state index contributed by atoms with van der Waals surface area (Å²) < 4.78 is 19.9. The van der Waals surface area contributed by atoms with E-state index >= 15 is 0 Å². The lowest BCUT2D eigenvalue weighted by Crippen LogP contribution is -2.09. The predicted molar refractivity (Wildman–Crippen MR) is 131 cm³/mol. The van der Waals surface area contributed by atoms with E-state index in [0.29, 0.717) is 30.0 Å². The van der Waals surface area contributed by atoms with Crippen LogP contribution >= 0.6 is 0 Å². The molecule has 5 heteroatoms. The normalized spacial score (nSPS) is 13.4. The van der Waals surface area contributed by atoms with Crippen molar-refractivity contribution in [2.24, 2.45) is 15.2 Å². The molecule has 170 valence electrons. The topological polar surface area (TPSA) is 46.3 Å². The average molecular weight is 436 g/mol. The molecule has 2 rings (SSSR count). The molecule has 0 N–H and O–H groups in total. The van der Waals surface area contributed by atoms with Gasteiger partial charge in [-0.25, -0.2) is 9.38 Å². The first-order chi connectivity index (χ1) is 15.6. The van der Waals surface area contributed by atoms with Crippen molar-refractivity contribution >= 4 is 11.6 Å². The van der Waals surface area contributed by atoms with Crippen LogP contribution in [0.2, 0.25) is 0 Å². The third-order valence-electron chi connectivity index (χ3n) is 5.11. The Kier molecular flexibility index (Phi) is 11.1. The van der Waals surface area contributed by atoms with Gasteiger partial charge in [-0.1, -0.05) is 74.9 Å². The van der Waals surface area contributed by atoms with Crippen molar-refractivity contribution in [2.75, 3.05) is 14.2 Å². The first-order valence-electron chi connectivity index (χ1n) is 11.3. The van der Waals surface area contributed by atoms with Gasteiger partial charge in [-0.15, -0.1) is 0 Å². The van der Waals surface area contributed by atoms with Crippen molar-refractivity contribution in [3.8, 4) is 0 Å². The lowest BCUT2D eigenvalue weighted by atomic mass is 9.98. The van der Waals surface area contributed by atoms with Gasteiger partial charge in [0.2, 0.25) is 5.90 Å². The smallest absolute Gasteiger partial charge is 0.242 e. The van der Waals surface area contributed by atoms with Crippen LogP contribution in [-0.4, -0.2) is 20.1 Å². The largest absolute Gasteiger partial charge is 0.479 e. The fourth-order valence-corrected chi connectivity index (χ4v) is 3.44. The SMILES string of the molecule is CC/C=C(/N=C(OC)\C(N=NC)=C(/CCCC)CCc1ccccc1F)c1ccccc1. The Hall–Kier alpha value is -3.08. The number of methoxy groups -OCH3 is 1. The van der Waals surface area contributed by atoms with Crippen molar-refractivity contribution in [2.45, 2.75) is 52.4 Å². The summed E-state index contributed by atoms with van der Waals surface area (Å²) in [5.74, 6) is 0.248. The molecule has 0 aliphatic carbocycles. The number of nitrogens with zero attached hydrogens (tertiary/aromatic N) is 3. The van der Waals surface area contributed by atoms with Gasteiger partial charge in [0.05, 0.1) is 12.8 Å². The summed E-state index contributed by atoms with van der Waals surface area (Å²) in [6, 6.07) is 16.9. The van der Waals surface area contributed by atoms with Gasteiger partial charge in [0.1, 0.15) is 11.5 Å². The predicted octanol–water partition coefficient (Wildman–Crippen LogP) is 7.78. The van der Waals surface area contributed by atoms with Crippen LogP contribution in [0.1, 0.15) is 57.1 Å². The van der Waals surface area contributed by atoms with Crippen molar-refractivity contribution < 1.29 is 9.13 Å². The number of halogens is 1. The second-order valence-corrected chi connectivity index (χ2v) is 7.43. The van der Waals surface area contributed by atoms with Crippen molar-refractivity contribution in [3.63, 3.8) is 0 Å². The highest BCUT2D eigenvalue weighted by atomic mass is 19.1. The van der Waals surface area contributed by atoms with E-state index in [2.05, 4.69) is 30.2 Å². The van der Waals surface area contributed by atoms with Gasteiger partial charge >= 0.3 is 0 Å². The highest BCUT2D eigenvalue weighted by Gasteiger charge is 2.16. The number of benzene rings is 2. The lowest BCUT2D eigenvalue weighted by molar-refractivity contribution is 0.402. The summed E-state index contributed by atoms with van der Waals surface area (Å²) in [5, 5.41) is 8.46. The molecule has 2 aromatic rings. The van der Waals surface area contributed by atoms with Crippen molar-refractivity contribution in [1.82, 2.24) is 0 Å². The zero-order valence-corrected chi connectivity index (χ0v) is 19.6. The summed E-state index contributed by atoms with van der Waals surface area (Å²) in [6.07, 6.45) is 7.04. The Morgan fingerprint density at radius 3 is 2.34 bits per heavy atom. The third-order valence-corrected chi connectivity index (χ3v) is 5.11. The Morgan fingerprint density at radius 1 is 1.00 bits per heavy atom. The third kappa shape index (κ3) is 7.56. The van der Waals surface area contributed by atoms with Gasteiger partial charge in [-0.3, -0.25) is 0 Å². The number of unbranched alkanes of at least 4 members (excludes halogenated alkanes) is 1. The van der Waals surface area contributed by atoms with E-state index in [1.54, 1.807) is 20.2 Å². The standard InChI is InChI=1S/C27H34FN3O/c1-5-7-14-23(20-19-21-15-11-12-18-24(21)28)26(31-29-3)27(32-4)30-25(13-6-2)22-16-9-8-10-17-22/h8-13,15-18H,5-7,14,19-20H2,1-4H3/b25-13+,26-23-,30-27+,31-29?. The van der Waals surface area contributed by atoms with Crippen LogP contribution in [0.5, 0.6) is 0 Å². The van der Waals surface area contributed by atoms with Crippen molar-refractivity contribution in [1.29, 1.82) is 0 Å². The van der Waals surface area contributed by atoms with E-state index in [1.807, 2.05) is 42.5 Å². The number of hydrogen-bond donors (Lipinski definition) is 0. The average Bonchev–Trinajstić information content (AvgIpc) is 2.82. The molecule has 0 aliphatic rings. The van der Waals surface area contributed by atoms with Gasteiger partial charge in [-0.2, -0.15) is 10.2 Å². The molecule has 0 saturated carbocycles. The summed E-state index contributed by atoms with van der Waals surface area (Å²) in [5.41, 5.74) is 4.25. The van der Waals surface area contributed by atoms with Crippen molar-refractivity contribution in [3.05, 3.63) is 88.9 Å². The first kappa shape index (κ1) is 25.2. The molecule has 0 heterocycles. The molecule has 0 aliphatic heterocycles. The molecule has 32 heavy (non-hydrogen) atoms. The number of allylic oxidation sites excluding steroid dienone is 2. The van der Waals surface area contributed by atoms with E-state index in [0.717, 1.165) is 42.5 Å². The summed E-state index contributed by atoms with van der Waals surface area (Å²) in [7, 11) is 3.24. The molecule has 0 fully saturated rings. The minimum absolute atomic E-state index is 0.182. The van der Waals surface area contributed by atoms with Gasteiger partial charge < -0.3 is 4.74 Å². The quantitative estimate of drug-likeness (QED) is 0.202. The molecule has 0 bridgehead atoms. The maximum absolute atomic E-state index is 14.2. The second-order valence-electron chi connectivity index (χ2n) is 7.43. The second kappa shape index (κ2) is 14.1. The van der Waals surface area contributed by atoms with Gasteiger partial charge in [0, 0.05) is 7.05 Å². The summed E-state index contributed by atoms with van der Waals surface area (Å²) in [4.78, 5) is 4.84. The van der Waals surface area contributed by atoms with Crippen LogP contribution in [-0.2, 0) is 11.2 Å². The van der Waals surface area contributed by atoms with Crippen LogP contribution in [0.3, 0.4) is 0 Å². The summed E-state index contributed by atoms with van der Waals surface area (Å²) in [6.45, 7) is 4.23. The first-order valence-corrected chi connectivity index (χ1v) is 11.3. The molecule has 2 aromatic carbocycles. The van der Waals surface area contributed by atoms with Crippen LogP contribution in [0.4, 0.5) is 4.39 Å². The van der Waals surface area contributed by atoms with E-state index in [-0.39, 0.29) is 5.82 Å². The fraction of sp³-hybridized carbons (Fsp3) is 0.370. The highest BCUT2D eigenvalue weighted by Crippen LogP contribution is 2.25. The van der Waals surface area contributed by atoms with E-state index < -0.39 is 0 Å². The Bertz CT molecular complexity index is 962. The molecule has 0 amide bonds. The number of hydrogen-bond acceptors (Lipinski definition) is 4. The molecule has 0 radical (unpaired) electrons. The zero-order valence-electron chi connectivity index (χ0n) is 19.6. The number of azo groups is 1. The van der Waals surface area contributed by atoms with Crippen LogP contribution in [0.25, 0.3) is 5.70 Å². The van der Waals surface area contributed by atoms with Crippen LogP contribution < -0.4 is 0 Å². The van der Waals surface area contributed by atoms with Gasteiger partial charge in [-0.05, 0) is 54.9 Å². The highest BCUT2D eigenvalue weighted by molar-refractivity contribution is 5.97. The molecule has 0 atom stereocenters. The Labute approximate surface area is 191 Å².